The smallest absolute Gasteiger partial charge is 0.321 e. The molecule has 0 aliphatic carbocycles. The number of urea groups is 1. The molecule has 2 heterocycles. The van der Waals surface area contributed by atoms with Gasteiger partial charge in [0.05, 0.1) is 7.11 Å². The van der Waals surface area contributed by atoms with Crippen molar-refractivity contribution in [2.45, 2.75) is 19.4 Å². The van der Waals surface area contributed by atoms with Gasteiger partial charge in [0.15, 0.2) is 0 Å². The predicted octanol–water partition coefficient (Wildman–Crippen LogP) is 3.73. The van der Waals surface area contributed by atoms with Crippen LogP contribution >= 0.6 is 0 Å². The average Bonchev–Trinajstić information content (AvgIpc) is 3.41. The number of carbonyl (C=O) groups is 2. The molecule has 0 spiro atoms. The molecule has 3 amide bonds. The fourth-order valence-electron chi connectivity index (χ4n) is 3.51. The molecule has 4 rings (SSSR count). The van der Waals surface area contributed by atoms with Crippen molar-refractivity contribution in [1.29, 1.82) is 0 Å². The molecule has 1 aliphatic heterocycles. The van der Waals surface area contributed by atoms with E-state index in [9.17, 15) is 9.59 Å². The monoisotopic (exact) mass is 392 g/mol. The first-order valence-corrected chi connectivity index (χ1v) is 9.72. The van der Waals surface area contributed by atoms with E-state index in [1.165, 1.54) is 0 Å². The number of likely N-dealkylation sites (tertiary alicyclic amines) is 1. The molecule has 0 radical (unpaired) electrons. The van der Waals surface area contributed by atoms with Gasteiger partial charge in [0.1, 0.15) is 11.4 Å². The van der Waals surface area contributed by atoms with Crippen LogP contribution in [0.25, 0.3) is 10.9 Å². The standard InChI is InChI=1S/C22H24N4O3/c1-29-18-8-7-16-12-20(25-19(16)13-18)21(27)23-14-15-5-4-6-17(11-15)24-22(28)26-9-2-3-10-26/h4-8,11-13,25H,2-3,9-10,14H2,1H3,(H,23,27)(H,24,28). The van der Waals surface area contributed by atoms with Crippen molar-refractivity contribution < 1.29 is 14.3 Å². The van der Waals surface area contributed by atoms with Gasteiger partial charge >= 0.3 is 6.03 Å². The summed E-state index contributed by atoms with van der Waals surface area (Å²) in [7, 11) is 1.61. The molecule has 150 valence electrons. The second kappa shape index (κ2) is 8.26. The third-order valence-corrected chi connectivity index (χ3v) is 5.10. The summed E-state index contributed by atoms with van der Waals surface area (Å²) in [6.07, 6.45) is 2.11. The predicted molar refractivity (Wildman–Crippen MR) is 112 cm³/mol. The number of rotatable bonds is 5. The fraction of sp³-hybridized carbons (Fsp3) is 0.273. The maximum absolute atomic E-state index is 12.5. The zero-order valence-electron chi connectivity index (χ0n) is 16.3. The first-order valence-electron chi connectivity index (χ1n) is 9.72. The molecule has 0 unspecified atom stereocenters. The summed E-state index contributed by atoms with van der Waals surface area (Å²) in [6.45, 7) is 1.97. The van der Waals surface area contributed by atoms with Gasteiger partial charge in [-0.15, -0.1) is 0 Å². The van der Waals surface area contributed by atoms with Crippen LogP contribution in [-0.2, 0) is 6.54 Å². The van der Waals surface area contributed by atoms with Crippen molar-refractivity contribution in [2.75, 3.05) is 25.5 Å². The molecule has 29 heavy (non-hydrogen) atoms. The lowest BCUT2D eigenvalue weighted by atomic mass is 10.2. The van der Waals surface area contributed by atoms with Crippen LogP contribution in [0.3, 0.4) is 0 Å². The minimum absolute atomic E-state index is 0.0720. The van der Waals surface area contributed by atoms with E-state index in [0.717, 1.165) is 53.8 Å². The minimum Gasteiger partial charge on any atom is -0.497 e. The maximum Gasteiger partial charge on any atom is 0.321 e. The van der Waals surface area contributed by atoms with Gasteiger partial charge in [-0.25, -0.2) is 4.79 Å². The van der Waals surface area contributed by atoms with Crippen LogP contribution in [0, 0.1) is 0 Å². The number of aromatic amines is 1. The summed E-state index contributed by atoms with van der Waals surface area (Å²) < 4.78 is 5.21. The van der Waals surface area contributed by atoms with Crippen LogP contribution in [0.15, 0.2) is 48.5 Å². The number of hydrogen-bond acceptors (Lipinski definition) is 3. The lowest BCUT2D eigenvalue weighted by Crippen LogP contribution is -2.32. The van der Waals surface area contributed by atoms with Gasteiger partial charge < -0.3 is 25.3 Å². The number of carbonyl (C=O) groups excluding carboxylic acids is 2. The molecule has 3 N–H and O–H groups in total. The second-order valence-electron chi connectivity index (χ2n) is 7.14. The number of nitrogens with one attached hydrogen (secondary N) is 3. The molecular formula is C22H24N4O3. The van der Waals surface area contributed by atoms with Crippen LogP contribution in [-0.4, -0.2) is 42.0 Å². The highest BCUT2D eigenvalue weighted by Crippen LogP contribution is 2.21. The van der Waals surface area contributed by atoms with Crippen LogP contribution < -0.4 is 15.4 Å². The number of hydrogen-bond donors (Lipinski definition) is 3. The summed E-state index contributed by atoms with van der Waals surface area (Å²) in [5.74, 6) is 0.547. The van der Waals surface area contributed by atoms with E-state index in [1.54, 1.807) is 7.11 Å². The first-order chi connectivity index (χ1) is 14.1. The molecule has 0 atom stereocenters. The normalized spacial score (nSPS) is 13.5. The molecule has 3 aromatic rings. The average molecular weight is 392 g/mol. The molecule has 7 nitrogen and oxygen atoms in total. The third-order valence-electron chi connectivity index (χ3n) is 5.10. The van der Waals surface area contributed by atoms with E-state index in [-0.39, 0.29) is 11.9 Å². The van der Waals surface area contributed by atoms with E-state index in [0.29, 0.717) is 12.2 Å². The number of fused-ring (bicyclic) bond motifs is 1. The number of H-pyrrole nitrogens is 1. The third kappa shape index (κ3) is 4.34. The Bertz CT molecular complexity index is 1040. The largest absolute Gasteiger partial charge is 0.497 e. The summed E-state index contributed by atoms with van der Waals surface area (Å²) in [4.78, 5) is 29.7. The first kappa shape index (κ1) is 18.9. The Morgan fingerprint density at radius 1 is 1.10 bits per heavy atom. The van der Waals surface area contributed by atoms with Crippen LogP contribution in [0.5, 0.6) is 5.75 Å². The van der Waals surface area contributed by atoms with E-state index in [2.05, 4.69) is 15.6 Å². The van der Waals surface area contributed by atoms with Gasteiger partial charge in [-0.2, -0.15) is 0 Å². The summed E-state index contributed by atoms with van der Waals surface area (Å²) in [5.41, 5.74) is 2.98. The van der Waals surface area contributed by atoms with Gasteiger partial charge in [-0.1, -0.05) is 12.1 Å². The SMILES string of the molecule is COc1ccc2cc(C(=O)NCc3cccc(NC(=O)N4CCCC4)c3)[nH]c2c1. The van der Waals surface area contributed by atoms with Crippen molar-refractivity contribution in [1.82, 2.24) is 15.2 Å². The van der Waals surface area contributed by atoms with E-state index in [1.807, 2.05) is 53.4 Å². The fourth-order valence-corrected chi connectivity index (χ4v) is 3.51. The topological polar surface area (TPSA) is 86.5 Å². The Hall–Kier alpha value is -3.48. The van der Waals surface area contributed by atoms with Crippen LogP contribution in [0.4, 0.5) is 10.5 Å². The highest BCUT2D eigenvalue weighted by molar-refractivity contribution is 5.98. The zero-order valence-corrected chi connectivity index (χ0v) is 16.3. The molecule has 1 saturated heterocycles. The molecule has 1 aromatic heterocycles. The number of benzene rings is 2. The van der Waals surface area contributed by atoms with Gasteiger partial charge in [0, 0.05) is 42.3 Å². The molecular weight excluding hydrogens is 368 g/mol. The highest BCUT2D eigenvalue weighted by atomic mass is 16.5. The van der Waals surface area contributed by atoms with Gasteiger partial charge in [-0.3, -0.25) is 4.79 Å². The van der Waals surface area contributed by atoms with Gasteiger partial charge in [0.25, 0.3) is 5.91 Å². The number of methoxy groups -OCH3 is 1. The molecule has 2 aromatic carbocycles. The van der Waals surface area contributed by atoms with E-state index < -0.39 is 0 Å². The number of ether oxygens (including phenoxy) is 1. The molecule has 7 heteroatoms. The molecule has 0 saturated carbocycles. The quantitative estimate of drug-likeness (QED) is 0.618. The number of aromatic nitrogens is 1. The van der Waals surface area contributed by atoms with Gasteiger partial charge in [-0.05, 0) is 48.7 Å². The summed E-state index contributed by atoms with van der Waals surface area (Å²) in [6, 6.07) is 14.9. The minimum atomic E-state index is -0.188. The Labute approximate surface area is 169 Å². The van der Waals surface area contributed by atoms with Crippen molar-refractivity contribution in [3.05, 3.63) is 59.8 Å². The van der Waals surface area contributed by atoms with Crippen molar-refractivity contribution in [3.8, 4) is 5.75 Å². The van der Waals surface area contributed by atoms with E-state index in [4.69, 9.17) is 4.74 Å². The van der Waals surface area contributed by atoms with Crippen LogP contribution in [0.1, 0.15) is 28.9 Å². The van der Waals surface area contributed by atoms with Gasteiger partial charge in [0.2, 0.25) is 0 Å². The lowest BCUT2D eigenvalue weighted by molar-refractivity contribution is 0.0946. The summed E-state index contributed by atoms with van der Waals surface area (Å²) >= 11 is 0. The number of anilines is 1. The number of nitrogens with zero attached hydrogens (tertiary/aromatic N) is 1. The van der Waals surface area contributed by atoms with Crippen molar-refractivity contribution in [2.24, 2.45) is 0 Å². The summed E-state index contributed by atoms with van der Waals surface area (Å²) in [5, 5.41) is 6.79. The van der Waals surface area contributed by atoms with Crippen LogP contribution in [0.2, 0.25) is 0 Å². The molecule has 1 fully saturated rings. The van der Waals surface area contributed by atoms with E-state index >= 15 is 0 Å². The number of amides is 3. The second-order valence-corrected chi connectivity index (χ2v) is 7.14. The lowest BCUT2D eigenvalue weighted by Gasteiger charge is -2.16. The Balaban J connectivity index is 1.38. The van der Waals surface area contributed by atoms with Crippen molar-refractivity contribution >= 4 is 28.5 Å². The molecule has 1 aliphatic rings. The Morgan fingerprint density at radius 2 is 1.93 bits per heavy atom. The Kier molecular flexibility index (Phi) is 5.37. The zero-order chi connectivity index (χ0) is 20.2. The van der Waals surface area contributed by atoms with Crippen molar-refractivity contribution in [3.63, 3.8) is 0 Å². The highest BCUT2D eigenvalue weighted by Gasteiger charge is 2.17. The Morgan fingerprint density at radius 3 is 2.72 bits per heavy atom. The molecule has 0 bridgehead atoms. The maximum atomic E-state index is 12.5.